The zero-order chi connectivity index (χ0) is 14.0. The van der Waals surface area contributed by atoms with Gasteiger partial charge in [-0.05, 0) is 12.8 Å². The van der Waals surface area contributed by atoms with Gasteiger partial charge in [-0.15, -0.1) is 0 Å². The molecule has 1 aliphatic rings. The van der Waals surface area contributed by atoms with E-state index < -0.39 is 10.0 Å². The molecule has 2 rings (SSSR count). The predicted molar refractivity (Wildman–Crippen MR) is 71.6 cm³/mol. The minimum atomic E-state index is -3.66. The van der Waals surface area contributed by atoms with E-state index in [2.05, 4.69) is 4.98 Å². The van der Waals surface area contributed by atoms with Crippen molar-refractivity contribution in [2.75, 3.05) is 19.7 Å². The zero-order valence-corrected chi connectivity index (χ0v) is 12.6. The van der Waals surface area contributed by atoms with Crippen molar-refractivity contribution in [2.45, 2.75) is 30.9 Å². The van der Waals surface area contributed by atoms with Crippen LogP contribution in [0.4, 0.5) is 0 Å². The molecule has 108 valence electrons. The lowest BCUT2D eigenvalue weighted by Crippen LogP contribution is -2.37. The Morgan fingerprint density at radius 1 is 1.63 bits per heavy atom. The van der Waals surface area contributed by atoms with Crippen LogP contribution in [0.3, 0.4) is 0 Å². The van der Waals surface area contributed by atoms with Crippen molar-refractivity contribution in [3.8, 4) is 0 Å². The summed E-state index contributed by atoms with van der Waals surface area (Å²) in [5.74, 6) is 0. The first-order valence-electron chi connectivity index (χ1n) is 6.25. The molecule has 1 aliphatic heterocycles. The van der Waals surface area contributed by atoms with Crippen LogP contribution in [0.5, 0.6) is 0 Å². The molecule has 0 N–H and O–H groups in total. The minimum absolute atomic E-state index is 0.0304. The molecule has 0 bridgehead atoms. The van der Waals surface area contributed by atoms with Crippen LogP contribution in [0, 0.1) is 0 Å². The Balaban J connectivity index is 2.22. The van der Waals surface area contributed by atoms with E-state index in [1.807, 2.05) is 0 Å². The molecule has 1 aromatic rings. The number of aryl methyl sites for hydroxylation is 1. The van der Waals surface area contributed by atoms with Crippen molar-refractivity contribution in [1.82, 2.24) is 13.9 Å². The Labute approximate surface area is 118 Å². The Bertz CT molecular complexity index is 537. The smallest absolute Gasteiger partial charge is 0.263 e. The fourth-order valence-corrected chi connectivity index (χ4v) is 3.97. The number of hydrogen-bond acceptors (Lipinski definition) is 4. The molecule has 1 unspecified atom stereocenters. The Morgan fingerprint density at radius 3 is 2.84 bits per heavy atom. The van der Waals surface area contributed by atoms with Crippen LogP contribution in [0.1, 0.15) is 19.8 Å². The summed E-state index contributed by atoms with van der Waals surface area (Å²) >= 11 is 5.97. The number of halogens is 1. The van der Waals surface area contributed by atoms with Gasteiger partial charge in [-0.1, -0.05) is 18.5 Å². The average molecular weight is 308 g/mol. The van der Waals surface area contributed by atoms with Crippen LogP contribution >= 0.6 is 11.6 Å². The first kappa shape index (κ1) is 14.8. The molecule has 0 aliphatic carbocycles. The monoisotopic (exact) mass is 307 g/mol. The summed E-state index contributed by atoms with van der Waals surface area (Å²) in [5.41, 5.74) is 0. The van der Waals surface area contributed by atoms with E-state index in [4.69, 9.17) is 16.3 Å². The van der Waals surface area contributed by atoms with Gasteiger partial charge in [0.1, 0.15) is 5.15 Å². The van der Waals surface area contributed by atoms with Crippen molar-refractivity contribution in [3.63, 3.8) is 0 Å². The van der Waals surface area contributed by atoms with Gasteiger partial charge in [0.05, 0.1) is 12.4 Å². The Kier molecular flexibility index (Phi) is 4.50. The lowest BCUT2D eigenvalue weighted by atomic mass is 10.2. The van der Waals surface area contributed by atoms with Crippen molar-refractivity contribution in [1.29, 1.82) is 0 Å². The Morgan fingerprint density at radius 2 is 2.37 bits per heavy atom. The van der Waals surface area contributed by atoms with Crippen molar-refractivity contribution in [3.05, 3.63) is 11.5 Å². The number of nitrogens with zero attached hydrogens (tertiary/aromatic N) is 3. The summed E-state index contributed by atoms with van der Waals surface area (Å²) in [6.07, 6.45) is 3.24. The SMILES string of the molecule is CCN(CC1CCCO1)S(=O)(=O)c1ncn(C)c1Cl. The summed E-state index contributed by atoms with van der Waals surface area (Å²) in [6, 6.07) is 0. The number of aromatic nitrogens is 2. The fourth-order valence-electron chi connectivity index (χ4n) is 2.10. The van der Waals surface area contributed by atoms with Crippen LogP contribution in [0.25, 0.3) is 0 Å². The zero-order valence-electron chi connectivity index (χ0n) is 11.0. The summed E-state index contributed by atoms with van der Waals surface area (Å²) in [6.45, 7) is 3.22. The number of hydrogen-bond donors (Lipinski definition) is 0. The third-order valence-corrected chi connectivity index (χ3v) is 5.63. The number of imidazole rings is 1. The molecule has 0 spiro atoms. The first-order chi connectivity index (χ1) is 8.96. The molecule has 2 heterocycles. The number of ether oxygens (including phenoxy) is 1. The van der Waals surface area contributed by atoms with E-state index in [0.29, 0.717) is 19.7 Å². The molecule has 8 heteroatoms. The fraction of sp³-hybridized carbons (Fsp3) is 0.727. The molecular formula is C11H18ClN3O3S. The second kappa shape index (κ2) is 5.78. The molecule has 0 saturated carbocycles. The van der Waals surface area contributed by atoms with E-state index in [0.717, 1.165) is 12.8 Å². The molecule has 19 heavy (non-hydrogen) atoms. The van der Waals surface area contributed by atoms with Gasteiger partial charge in [0.15, 0.2) is 0 Å². The largest absolute Gasteiger partial charge is 0.377 e. The predicted octanol–water partition coefficient (Wildman–Crippen LogP) is 1.26. The van der Waals surface area contributed by atoms with Crippen LogP contribution in [0.15, 0.2) is 11.4 Å². The van der Waals surface area contributed by atoms with E-state index >= 15 is 0 Å². The van der Waals surface area contributed by atoms with E-state index in [-0.39, 0.29) is 16.3 Å². The molecule has 0 amide bonds. The van der Waals surface area contributed by atoms with E-state index in [9.17, 15) is 8.42 Å². The maximum atomic E-state index is 12.5. The number of sulfonamides is 1. The first-order valence-corrected chi connectivity index (χ1v) is 8.07. The summed E-state index contributed by atoms with van der Waals surface area (Å²) in [5, 5.41) is 0.0438. The van der Waals surface area contributed by atoms with E-state index in [1.165, 1.54) is 15.2 Å². The lowest BCUT2D eigenvalue weighted by molar-refractivity contribution is 0.0946. The molecular weight excluding hydrogens is 290 g/mol. The summed E-state index contributed by atoms with van der Waals surface area (Å²) in [4.78, 5) is 3.89. The molecule has 1 fully saturated rings. The van der Waals surface area contributed by atoms with Gasteiger partial charge in [-0.3, -0.25) is 0 Å². The second-order valence-electron chi connectivity index (χ2n) is 4.54. The second-order valence-corrected chi connectivity index (χ2v) is 6.75. The van der Waals surface area contributed by atoms with Gasteiger partial charge < -0.3 is 9.30 Å². The van der Waals surface area contributed by atoms with Crippen molar-refractivity contribution in [2.24, 2.45) is 7.05 Å². The molecule has 0 radical (unpaired) electrons. The molecule has 1 saturated heterocycles. The van der Waals surface area contributed by atoms with Crippen LogP contribution in [-0.4, -0.2) is 48.1 Å². The third-order valence-electron chi connectivity index (χ3n) is 3.20. The maximum Gasteiger partial charge on any atom is 0.263 e. The maximum absolute atomic E-state index is 12.5. The molecule has 6 nitrogen and oxygen atoms in total. The molecule has 1 aromatic heterocycles. The van der Waals surface area contributed by atoms with Gasteiger partial charge >= 0.3 is 0 Å². The Hall–Kier alpha value is -0.630. The standard InChI is InChI=1S/C11H18ClN3O3S/c1-3-15(7-9-5-4-6-18-9)19(16,17)11-10(12)14(2)8-13-11/h8-9H,3-7H2,1-2H3. The highest BCUT2D eigenvalue weighted by molar-refractivity contribution is 7.89. The average Bonchev–Trinajstić information content (AvgIpc) is 2.98. The summed E-state index contributed by atoms with van der Waals surface area (Å²) < 4.78 is 33.3. The van der Waals surface area contributed by atoms with Crippen LogP contribution < -0.4 is 0 Å². The molecule has 1 atom stereocenters. The number of rotatable bonds is 5. The van der Waals surface area contributed by atoms with Gasteiger partial charge in [0, 0.05) is 26.7 Å². The van der Waals surface area contributed by atoms with E-state index in [1.54, 1.807) is 14.0 Å². The van der Waals surface area contributed by atoms with Gasteiger partial charge in [0.25, 0.3) is 10.0 Å². The van der Waals surface area contributed by atoms with Crippen molar-refractivity contribution < 1.29 is 13.2 Å². The topological polar surface area (TPSA) is 64.4 Å². The van der Waals surface area contributed by atoms with Gasteiger partial charge in [0.2, 0.25) is 5.03 Å². The third kappa shape index (κ3) is 2.94. The highest BCUT2D eigenvalue weighted by atomic mass is 35.5. The van der Waals surface area contributed by atoms with Gasteiger partial charge in [-0.25, -0.2) is 13.4 Å². The minimum Gasteiger partial charge on any atom is -0.377 e. The summed E-state index contributed by atoms with van der Waals surface area (Å²) in [7, 11) is -2.00. The lowest BCUT2D eigenvalue weighted by Gasteiger charge is -2.22. The highest BCUT2D eigenvalue weighted by Gasteiger charge is 2.31. The van der Waals surface area contributed by atoms with Crippen molar-refractivity contribution >= 4 is 21.6 Å². The highest BCUT2D eigenvalue weighted by Crippen LogP contribution is 2.24. The normalized spacial score (nSPS) is 20.3. The number of likely N-dealkylation sites (N-methyl/N-ethyl adjacent to an activating group) is 1. The van der Waals surface area contributed by atoms with Crippen LogP contribution in [-0.2, 0) is 21.8 Å². The quantitative estimate of drug-likeness (QED) is 0.821. The van der Waals surface area contributed by atoms with Gasteiger partial charge in [-0.2, -0.15) is 4.31 Å². The van der Waals surface area contributed by atoms with Crippen LogP contribution in [0.2, 0.25) is 5.15 Å². The molecule has 0 aromatic carbocycles.